The number of nitrogens with zero attached hydrogens (tertiary/aromatic N) is 2. The Morgan fingerprint density at radius 1 is 1.21 bits per heavy atom. The molecule has 1 aliphatic rings. The van der Waals surface area contributed by atoms with Gasteiger partial charge in [0.2, 0.25) is 5.95 Å². The number of nitrogens with one attached hydrogen (secondary N) is 3. The fourth-order valence-electron chi connectivity index (χ4n) is 5.53. The van der Waals surface area contributed by atoms with Crippen molar-refractivity contribution in [1.29, 1.82) is 0 Å². The van der Waals surface area contributed by atoms with Gasteiger partial charge in [-0.25, -0.2) is 9.97 Å². The highest BCUT2D eigenvalue weighted by atomic mass is 16.1. The molecule has 0 saturated heterocycles. The number of carbonyl (C=O) groups excluding carboxylic acids is 1. The van der Waals surface area contributed by atoms with E-state index in [9.17, 15) is 4.79 Å². The smallest absolute Gasteiger partial charge is 0.267 e. The van der Waals surface area contributed by atoms with E-state index in [4.69, 9.17) is 4.98 Å². The van der Waals surface area contributed by atoms with E-state index in [0.29, 0.717) is 30.0 Å². The molecule has 0 spiro atoms. The maximum absolute atomic E-state index is 13.1. The van der Waals surface area contributed by atoms with Crippen LogP contribution in [0.4, 0.5) is 11.6 Å². The SMILES string of the molecule is C=CC=CC=C(CNC(=O)c1cc2cc(Nc3nccc(C4=CCC(C)C=C(C)CC4)n3)cc(C)c2[nH]1)C(C)CCC. The van der Waals surface area contributed by atoms with Crippen LogP contribution in [0.2, 0.25) is 0 Å². The van der Waals surface area contributed by atoms with Gasteiger partial charge >= 0.3 is 0 Å². The summed E-state index contributed by atoms with van der Waals surface area (Å²) in [4.78, 5) is 25.8. The molecule has 0 radical (unpaired) electrons. The van der Waals surface area contributed by atoms with Gasteiger partial charge in [-0.05, 0) is 92.3 Å². The first kappa shape index (κ1) is 30.8. The van der Waals surface area contributed by atoms with Gasteiger partial charge in [0.25, 0.3) is 5.91 Å². The number of amides is 1. The molecule has 2 unspecified atom stereocenters. The number of fused-ring (bicyclic) bond motifs is 1. The van der Waals surface area contributed by atoms with Crippen LogP contribution in [0.25, 0.3) is 16.5 Å². The molecular weight excluding hydrogens is 518 g/mol. The maximum Gasteiger partial charge on any atom is 0.267 e. The first-order valence-corrected chi connectivity index (χ1v) is 15.1. The Morgan fingerprint density at radius 3 is 2.83 bits per heavy atom. The minimum absolute atomic E-state index is 0.120. The predicted molar refractivity (Wildman–Crippen MR) is 177 cm³/mol. The van der Waals surface area contributed by atoms with Crippen LogP contribution >= 0.6 is 0 Å². The van der Waals surface area contributed by atoms with E-state index in [1.165, 1.54) is 16.7 Å². The minimum atomic E-state index is -0.120. The van der Waals surface area contributed by atoms with Crippen molar-refractivity contribution in [3.63, 3.8) is 0 Å². The number of benzene rings is 1. The van der Waals surface area contributed by atoms with Crippen LogP contribution in [0.1, 0.15) is 81.5 Å². The van der Waals surface area contributed by atoms with Crippen molar-refractivity contribution >= 4 is 34.0 Å². The molecule has 220 valence electrons. The van der Waals surface area contributed by atoms with Crippen LogP contribution in [0, 0.1) is 18.8 Å². The summed E-state index contributed by atoms with van der Waals surface area (Å²) < 4.78 is 0. The molecule has 6 heteroatoms. The van der Waals surface area contributed by atoms with E-state index in [-0.39, 0.29) is 5.91 Å². The highest BCUT2D eigenvalue weighted by Gasteiger charge is 2.15. The van der Waals surface area contributed by atoms with Gasteiger partial charge in [-0.15, -0.1) is 0 Å². The average molecular weight is 564 g/mol. The Morgan fingerprint density at radius 2 is 2.05 bits per heavy atom. The summed E-state index contributed by atoms with van der Waals surface area (Å²) in [5.41, 5.74) is 8.28. The molecule has 42 heavy (non-hydrogen) atoms. The van der Waals surface area contributed by atoms with Gasteiger partial charge in [-0.3, -0.25) is 4.79 Å². The summed E-state index contributed by atoms with van der Waals surface area (Å²) >= 11 is 0. The van der Waals surface area contributed by atoms with Crippen molar-refractivity contribution < 1.29 is 4.79 Å². The van der Waals surface area contributed by atoms with Gasteiger partial charge in [0.1, 0.15) is 5.69 Å². The fraction of sp³-hybridized carbons (Fsp3) is 0.361. The molecule has 0 saturated carbocycles. The topological polar surface area (TPSA) is 82.7 Å². The highest BCUT2D eigenvalue weighted by molar-refractivity contribution is 5.99. The molecule has 2 aromatic heterocycles. The summed E-state index contributed by atoms with van der Waals surface area (Å²) in [6.45, 7) is 15.1. The Labute approximate surface area is 250 Å². The number of hydrogen-bond donors (Lipinski definition) is 3. The van der Waals surface area contributed by atoms with E-state index in [1.54, 1.807) is 6.08 Å². The predicted octanol–water partition coefficient (Wildman–Crippen LogP) is 8.99. The first-order valence-electron chi connectivity index (χ1n) is 15.1. The van der Waals surface area contributed by atoms with Crippen molar-refractivity contribution in [2.75, 3.05) is 11.9 Å². The van der Waals surface area contributed by atoms with E-state index in [1.807, 2.05) is 43.5 Å². The van der Waals surface area contributed by atoms with Gasteiger partial charge < -0.3 is 15.6 Å². The third-order valence-corrected chi connectivity index (χ3v) is 7.87. The Bertz CT molecular complexity index is 1540. The van der Waals surface area contributed by atoms with Crippen LogP contribution in [-0.2, 0) is 0 Å². The van der Waals surface area contributed by atoms with Gasteiger partial charge in [-0.2, -0.15) is 0 Å². The first-order chi connectivity index (χ1) is 20.3. The van der Waals surface area contributed by atoms with Gasteiger partial charge in [-0.1, -0.05) is 75.8 Å². The monoisotopic (exact) mass is 563 g/mol. The molecule has 0 aliphatic heterocycles. The third-order valence-electron chi connectivity index (χ3n) is 7.87. The van der Waals surface area contributed by atoms with Crippen LogP contribution in [0.15, 0.2) is 84.6 Å². The number of aryl methyl sites for hydroxylation is 1. The van der Waals surface area contributed by atoms with Crippen LogP contribution < -0.4 is 10.6 Å². The standard InChI is InChI=1S/C36H45N5O/c1-7-9-10-12-29(26(5)11-8-2)23-38-35(42)33-22-30-21-31(20-27(6)34(30)40-33)39-36-37-18-17-32(41-36)28-15-13-24(3)19-25(4)14-16-28/h7,9-10,12,15,17-22,24,26,40H,1,8,11,13-14,16,23H2,2-6H3,(H,38,42)(H,37,39,41). The van der Waals surface area contributed by atoms with E-state index < -0.39 is 0 Å². The lowest BCUT2D eigenvalue weighted by atomic mass is 9.93. The fourth-order valence-corrected chi connectivity index (χ4v) is 5.53. The number of anilines is 2. The zero-order valence-electron chi connectivity index (χ0n) is 25.8. The molecule has 3 N–H and O–H groups in total. The third kappa shape index (κ3) is 8.19. The summed E-state index contributed by atoms with van der Waals surface area (Å²) in [6, 6.07) is 7.99. The zero-order chi connectivity index (χ0) is 30.1. The largest absolute Gasteiger partial charge is 0.350 e. The lowest BCUT2D eigenvalue weighted by Crippen LogP contribution is -2.27. The molecule has 0 fully saturated rings. The highest BCUT2D eigenvalue weighted by Crippen LogP contribution is 2.29. The molecule has 3 aromatic rings. The second-order valence-electron chi connectivity index (χ2n) is 11.5. The Hall–Kier alpha value is -4.19. The second-order valence-corrected chi connectivity index (χ2v) is 11.5. The molecule has 2 atom stereocenters. The van der Waals surface area contributed by atoms with Crippen molar-refractivity contribution in [2.45, 2.75) is 66.7 Å². The van der Waals surface area contributed by atoms with Crippen LogP contribution in [-0.4, -0.2) is 27.4 Å². The van der Waals surface area contributed by atoms with Gasteiger partial charge in [0.15, 0.2) is 0 Å². The second kappa shape index (κ2) is 14.6. The summed E-state index contributed by atoms with van der Waals surface area (Å²) in [5, 5.41) is 7.46. The molecule has 1 aliphatic carbocycles. The maximum atomic E-state index is 13.1. The number of H-pyrrole nitrogens is 1. The zero-order valence-corrected chi connectivity index (χ0v) is 25.8. The molecule has 1 aromatic carbocycles. The molecule has 2 heterocycles. The lowest BCUT2D eigenvalue weighted by molar-refractivity contribution is 0.0952. The quantitative estimate of drug-likeness (QED) is 0.161. The minimum Gasteiger partial charge on any atom is -0.350 e. The van der Waals surface area contributed by atoms with Crippen LogP contribution in [0.5, 0.6) is 0 Å². The average Bonchev–Trinajstić information content (AvgIpc) is 3.39. The number of aromatic amines is 1. The van der Waals surface area contributed by atoms with Crippen molar-refractivity contribution in [3.05, 3.63) is 102 Å². The van der Waals surface area contributed by atoms with E-state index >= 15 is 0 Å². The molecular formula is C36H45N5O. The van der Waals surface area contributed by atoms with Crippen molar-refractivity contribution in [2.24, 2.45) is 11.8 Å². The Balaban J connectivity index is 1.49. The lowest BCUT2D eigenvalue weighted by Gasteiger charge is -2.15. The number of rotatable bonds is 11. The summed E-state index contributed by atoms with van der Waals surface area (Å²) in [5.74, 6) is 1.36. The molecule has 6 nitrogen and oxygen atoms in total. The molecule has 1 amide bonds. The van der Waals surface area contributed by atoms with Crippen molar-refractivity contribution in [1.82, 2.24) is 20.3 Å². The summed E-state index contributed by atoms with van der Waals surface area (Å²) in [6.07, 6.45) is 19.4. The number of carbonyl (C=O) groups is 1. The number of hydrogen-bond acceptors (Lipinski definition) is 4. The van der Waals surface area contributed by atoms with Gasteiger partial charge in [0.05, 0.1) is 5.69 Å². The molecule has 0 bridgehead atoms. The van der Waals surface area contributed by atoms with E-state index in [2.05, 4.69) is 79.2 Å². The Kier molecular flexibility index (Phi) is 10.7. The van der Waals surface area contributed by atoms with Crippen LogP contribution in [0.3, 0.4) is 0 Å². The van der Waals surface area contributed by atoms with Gasteiger partial charge in [0, 0.05) is 29.3 Å². The normalized spacial score (nSPS) is 16.9. The number of allylic oxidation sites excluding steroid dienone is 8. The number of aromatic nitrogens is 3. The van der Waals surface area contributed by atoms with E-state index in [0.717, 1.165) is 60.0 Å². The van der Waals surface area contributed by atoms with Crippen molar-refractivity contribution in [3.8, 4) is 0 Å². The molecule has 4 rings (SSSR count). The summed E-state index contributed by atoms with van der Waals surface area (Å²) in [7, 11) is 0.